The summed E-state index contributed by atoms with van der Waals surface area (Å²) in [6, 6.07) is -0.243. The van der Waals surface area contributed by atoms with Gasteiger partial charge in [0.25, 0.3) is 0 Å². The molecule has 1 heterocycles. The third-order valence-electron chi connectivity index (χ3n) is 2.00. The van der Waals surface area contributed by atoms with Gasteiger partial charge in [-0.05, 0) is 6.42 Å². The van der Waals surface area contributed by atoms with Gasteiger partial charge >= 0.3 is 5.97 Å². The van der Waals surface area contributed by atoms with Crippen LogP contribution in [0.3, 0.4) is 0 Å². The number of carbonyl (C=O) groups excluding carboxylic acids is 2. The molecule has 5 nitrogen and oxygen atoms in total. The first-order valence-electron chi connectivity index (χ1n) is 4.32. The maximum atomic E-state index is 11.2. The fourth-order valence-corrected chi connectivity index (χ4v) is 1.25. The first-order valence-corrected chi connectivity index (χ1v) is 4.32. The summed E-state index contributed by atoms with van der Waals surface area (Å²) in [5, 5.41) is 5.75. The largest absolute Gasteiger partial charge is 0.469 e. The molecule has 0 aromatic heterocycles. The van der Waals surface area contributed by atoms with Crippen LogP contribution in [0.1, 0.15) is 12.8 Å². The Morgan fingerprint density at radius 1 is 1.62 bits per heavy atom. The number of carbonyl (C=O) groups is 2. The van der Waals surface area contributed by atoms with E-state index in [4.69, 9.17) is 0 Å². The standard InChI is InChI=1S/C8H14N2O3/c1-13-7(11)3-2-6-8(12)10-5-4-9-6/h6,9H,2-5H2,1H3,(H,10,12)/t6-/m0/s1. The van der Waals surface area contributed by atoms with E-state index in [1.54, 1.807) is 0 Å². The molecule has 0 aromatic carbocycles. The molecule has 0 bridgehead atoms. The Morgan fingerprint density at radius 3 is 3.00 bits per heavy atom. The van der Waals surface area contributed by atoms with Gasteiger partial charge in [-0.15, -0.1) is 0 Å². The van der Waals surface area contributed by atoms with Crippen molar-refractivity contribution in [2.24, 2.45) is 0 Å². The van der Waals surface area contributed by atoms with Gasteiger partial charge in [0.2, 0.25) is 5.91 Å². The fourth-order valence-electron chi connectivity index (χ4n) is 1.25. The van der Waals surface area contributed by atoms with Crippen LogP contribution in [0.25, 0.3) is 0 Å². The topological polar surface area (TPSA) is 67.4 Å². The molecule has 1 saturated heterocycles. The van der Waals surface area contributed by atoms with Crippen LogP contribution < -0.4 is 10.6 Å². The highest BCUT2D eigenvalue weighted by molar-refractivity contribution is 5.83. The molecular formula is C8H14N2O3. The molecular weight excluding hydrogens is 172 g/mol. The maximum absolute atomic E-state index is 11.2. The maximum Gasteiger partial charge on any atom is 0.305 e. The third-order valence-corrected chi connectivity index (χ3v) is 2.00. The van der Waals surface area contributed by atoms with Crippen LogP contribution >= 0.6 is 0 Å². The Bertz CT molecular complexity index is 206. The van der Waals surface area contributed by atoms with Crippen molar-refractivity contribution in [2.75, 3.05) is 20.2 Å². The normalized spacial score (nSPS) is 22.2. The molecule has 0 saturated carbocycles. The fraction of sp³-hybridized carbons (Fsp3) is 0.750. The Balaban J connectivity index is 2.26. The van der Waals surface area contributed by atoms with Crippen molar-refractivity contribution in [1.82, 2.24) is 10.6 Å². The lowest BCUT2D eigenvalue weighted by Gasteiger charge is -2.22. The molecule has 1 aliphatic heterocycles. The highest BCUT2D eigenvalue weighted by Crippen LogP contribution is 2.01. The first-order chi connectivity index (χ1) is 6.24. The van der Waals surface area contributed by atoms with E-state index in [1.807, 2.05) is 0 Å². The van der Waals surface area contributed by atoms with Crippen LogP contribution in [0.2, 0.25) is 0 Å². The van der Waals surface area contributed by atoms with Crippen molar-refractivity contribution in [3.05, 3.63) is 0 Å². The van der Waals surface area contributed by atoms with Gasteiger partial charge in [0.05, 0.1) is 13.2 Å². The highest BCUT2D eigenvalue weighted by Gasteiger charge is 2.21. The quantitative estimate of drug-likeness (QED) is 0.556. The summed E-state index contributed by atoms with van der Waals surface area (Å²) < 4.78 is 4.48. The molecule has 1 fully saturated rings. The molecule has 2 N–H and O–H groups in total. The second-order valence-corrected chi connectivity index (χ2v) is 2.91. The number of hydrogen-bond donors (Lipinski definition) is 2. The summed E-state index contributed by atoms with van der Waals surface area (Å²) in [6.07, 6.45) is 0.778. The number of amides is 1. The van der Waals surface area contributed by atoms with E-state index in [-0.39, 0.29) is 24.3 Å². The number of esters is 1. The van der Waals surface area contributed by atoms with Gasteiger partial charge in [0.1, 0.15) is 0 Å². The van der Waals surface area contributed by atoms with E-state index < -0.39 is 0 Å². The Hall–Kier alpha value is -1.10. The first kappa shape index (κ1) is 9.98. The Morgan fingerprint density at radius 2 is 2.38 bits per heavy atom. The minimum atomic E-state index is -0.278. The lowest BCUT2D eigenvalue weighted by Crippen LogP contribution is -2.52. The van der Waals surface area contributed by atoms with Crippen molar-refractivity contribution >= 4 is 11.9 Å². The van der Waals surface area contributed by atoms with Crippen LogP contribution in [0.15, 0.2) is 0 Å². The van der Waals surface area contributed by atoms with E-state index in [2.05, 4.69) is 15.4 Å². The molecule has 5 heteroatoms. The van der Waals surface area contributed by atoms with Crippen LogP contribution in [-0.2, 0) is 14.3 Å². The highest BCUT2D eigenvalue weighted by atomic mass is 16.5. The molecule has 74 valence electrons. The monoisotopic (exact) mass is 186 g/mol. The molecule has 1 amide bonds. The molecule has 0 radical (unpaired) electrons. The molecule has 0 aliphatic carbocycles. The number of ether oxygens (including phenoxy) is 1. The van der Waals surface area contributed by atoms with E-state index in [0.29, 0.717) is 13.0 Å². The van der Waals surface area contributed by atoms with E-state index in [9.17, 15) is 9.59 Å². The summed E-state index contributed by atoms with van der Waals surface area (Å²) in [5.74, 6) is -0.310. The summed E-state index contributed by atoms with van der Waals surface area (Å²) in [6.45, 7) is 1.42. The van der Waals surface area contributed by atoms with Crippen molar-refractivity contribution < 1.29 is 14.3 Å². The molecule has 1 rings (SSSR count). The summed E-state index contributed by atoms with van der Waals surface area (Å²) in [5.41, 5.74) is 0. The van der Waals surface area contributed by atoms with Gasteiger partial charge in [-0.2, -0.15) is 0 Å². The number of hydrogen-bond acceptors (Lipinski definition) is 4. The van der Waals surface area contributed by atoms with Crippen LogP contribution in [0.4, 0.5) is 0 Å². The van der Waals surface area contributed by atoms with Crippen molar-refractivity contribution in [2.45, 2.75) is 18.9 Å². The lowest BCUT2D eigenvalue weighted by atomic mass is 10.1. The second kappa shape index (κ2) is 4.81. The van der Waals surface area contributed by atoms with E-state index in [1.165, 1.54) is 7.11 Å². The Labute approximate surface area is 76.8 Å². The second-order valence-electron chi connectivity index (χ2n) is 2.91. The number of nitrogens with one attached hydrogen (secondary N) is 2. The number of methoxy groups -OCH3 is 1. The Kier molecular flexibility index (Phi) is 3.70. The van der Waals surface area contributed by atoms with Gasteiger partial charge in [-0.3, -0.25) is 9.59 Å². The van der Waals surface area contributed by atoms with Gasteiger partial charge in [0.15, 0.2) is 0 Å². The SMILES string of the molecule is COC(=O)CC[C@@H]1NCCNC1=O. The zero-order chi connectivity index (χ0) is 9.68. The van der Waals surface area contributed by atoms with Gasteiger partial charge < -0.3 is 15.4 Å². The third kappa shape index (κ3) is 3.02. The minimum absolute atomic E-state index is 0.0323. The van der Waals surface area contributed by atoms with Gasteiger partial charge in [0, 0.05) is 19.5 Å². The van der Waals surface area contributed by atoms with Crippen LogP contribution in [0, 0.1) is 0 Å². The van der Waals surface area contributed by atoms with Gasteiger partial charge in [-0.1, -0.05) is 0 Å². The molecule has 13 heavy (non-hydrogen) atoms. The van der Waals surface area contributed by atoms with Crippen molar-refractivity contribution in [1.29, 1.82) is 0 Å². The predicted molar refractivity (Wildman–Crippen MR) is 46.1 cm³/mol. The minimum Gasteiger partial charge on any atom is -0.469 e. The van der Waals surface area contributed by atoms with Crippen molar-refractivity contribution in [3.8, 4) is 0 Å². The lowest BCUT2D eigenvalue weighted by molar-refractivity contribution is -0.141. The summed E-state index contributed by atoms with van der Waals surface area (Å²) in [4.78, 5) is 21.9. The van der Waals surface area contributed by atoms with E-state index >= 15 is 0 Å². The smallest absolute Gasteiger partial charge is 0.305 e. The van der Waals surface area contributed by atoms with Crippen LogP contribution in [-0.4, -0.2) is 38.1 Å². The molecule has 1 aliphatic rings. The zero-order valence-electron chi connectivity index (χ0n) is 7.63. The summed E-state index contributed by atoms with van der Waals surface area (Å²) >= 11 is 0. The average molecular weight is 186 g/mol. The molecule has 1 atom stereocenters. The van der Waals surface area contributed by atoms with E-state index in [0.717, 1.165) is 6.54 Å². The van der Waals surface area contributed by atoms with Gasteiger partial charge in [-0.25, -0.2) is 0 Å². The molecule has 0 unspecified atom stereocenters. The average Bonchev–Trinajstić information content (AvgIpc) is 2.16. The zero-order valence-corrected chi connectivity index (χ0v) is 7.63. The van der Waals surface area contributed by atoms with Crippen LogP contribution in [0.5, 0.6) is 0 Å². The predicted octanol–water partition coefficient (Wildman–Crippen LogP) is -0.972. The summed E-state index contributed by atoms with van der Waals surface area (Å²) in [7, 11) is 1.34. The molecule has 0 spiro atoms. The molecule has 0 aromatic rings. The number of rotatable bonds is 3. The van der Waals surface area contributed by atoms with Crippen molar-refractivity contribution in [3.63, 3.8) is 0 Å². The number of piperazine rings is 1.